The van der Waals surface area contributed by atoms with Crippen LogP contribution >= 0.6 is 24.8 Å². The summed E-state index contributed by atoms with van der Waals surface area (Å²) in [5.74, 6) is 0.808. The Bertz CT molecular complexity index is 299. The third-order valence-electron chi connectivity index (χ3n) is 3.01. The lowest BCUT2D eigenvalue weighted by molar-refractivity contribution is 0.577. The Hall–Kier alpha value is -0.280. The first-order chi connectivity index (χ1) is 6.90. The molecular formula is C12H20Cl2N2. The van der Waals surface area contributed by atoms with Gasteiger partial charge in [0.1, 0.15) is 0 Å². The molecule has 1 aliphatic heterocycles. The molecule has 1 saturated heterocycles. The van der Waals surface area contributed by atoms with Gasteiger partial charge < -0.3 is 11.1 Å². The highest BCUT2D eigenvalue weighted by atomic mass is 35.5. The molecule has 92 valence electrons. The van der Waals surface area contributed by atoms with Crippen LogP contribution in [-0.4, -0.2) is 13.1 Å². The van der Waals surface area contributed by atoms with Crippen molar-refractivity contribution in [1.29, 1.82) is 0 Å². The van der Waals surface area contributed by atoms with Crippen molar-refractivity contribution < 1.29 is 0 Å². The molecule has 0 radical (unpaired) electrons. The van der Waals surface area contributed by atoms with Crippen molar-refractivity contribution in [3.05, 3.63) is 35.4 Å². The van der Waals surface area contributed by atoms with Crippen molar-refractivity contribution in [1.82, 2.24) is 5.32 Å². The zero-order valence-corrected chi connectivity index (χ0v) is 10.9. The topological polar surface area (TPSA) is 38.0 Å². The SMILES string of the molecule is Cl.Cl.NCc1ccccc1CC1CCNC1. The molecule has 0 spiro atoms. The summed E-state index contributed by atoms with van der Waals surface area (Å²) in [5, 5.41) is 3.40. The van der Waals surface area contributed by atoms with Gasteiger partial charge in [0.05, 0.1) is 0 Å². The molecule has 4 heteroatoms. The van der Waals surface area contributed by atoms with Gasteiger partial charge in [-0.3, -0.25) is 0 Å². The summed E-state index contributed by atoms with van der Waals surface area (Å²) in [7, 11) is 0. The average molecular weight is 263 g/mol. The fourth-order valence-electron chi connectivity index (χ4n) is 2.16. The Morgan fingerprint density at radius 3 is 2.44 bits per heavy atom. The van der Waals surface area contributed by atoms with E-state index < -0.39 is 0 Å². The van der Waals surface area contributed by atoms with Crippen molar-refractivity contribution >= 4 is 24.8 Å². The first-order valence-electron chi connectivity index (χ1n) is 5.37. The first kappa shape index (κ1) is 15.7. The molecule has 1 unspecified atom stereocenters. The summed E-state index contributed by atoms with van der Waals surface area (Å²) in [4.78, 5) is 0. The summed E-state index contributed by atoms with van der Waals surface area (Å²) >= 11 is 0. The maximum Gasteiger partial charge on any atom is 0.0180 e. The van der Waals surface area contributed by atoms with Crippen LogP contribution in [0.2, 0.25) is 0 Å². The number of rotatable bonds is 3. The highest BCUT2D eigenvalue weighted by Gasteiger charge is 2.15. The van der Waals surface area contributed by atoms with Gasteiger partial charge in [-0.05, 0) is 43.0 Å². The van der Waals surface area contributed by atoms with E-state index in [1.165, 1.54) is 37.1 Å². The number of hydrogen-bond donors (Lipinski definition) is 2. The number of nitrogens with two attached hydrogens (primary N) is 1. The zero-order chi connectivity index (χ0) is 9.80. The molecule has 1 aromatic carbocycles. The van der Waals surface area contributed by atoms with Crippen LogP contribution in [0.4, 0.5) is 0 Å². The quantitative estimate of drug-likeness (QED) is 0.876. The van der Waals surface area contributed by atoms with E-state index in [-0.39, 0.29) is 24.8 Å². The molecule has 0 aliphatic carbocycles. The number of halogens is 2. The Morgan fingerprint density at radius 2 is 1.88 bits per heavy atom. The molecule has 3 N–H and O–H groups in total. The highest BCUT2D eigenvalue weighted by molar-refractivity contribution is 5.85. The second kappa shape index (κ2) is 7.91. The lowest BCUT2D eigenvalue weighted by Crippen LogP contribution is -2.12. The van der Waals surface area contributed by atoms with Crippen LogP contribution in [0.25, 0.3) is 0 Å². The smallest absolute Gasteiger partial charge is 0.0180 e. The van der Waals surface area contributed by atoms with Gasteiger partial charge in [-0.1, -0.05) is 24.3 Å². The molecule has 0 bridgehead atoms. The van der Waals surface area contributed by atoms with Gasteiger partial charge in [-0.2, -0.15) is 0 Å². The largest absolute Gasteiger partial charge is 0.326 e. The maximum absolute atomic E-state index is 5.71. The van der Waals surface area contributed by atoms with Gasteiger partial charge in [-0.15, -0.1) is 24.8 Å². The van der Waals surface area contributed by atoms with Crippen molar-refractivity contribution in [2.45, 2.75) is 19.4 Å². The molecule has 1 fully saturated rings. The molecule has 2 rings (SSSR count). The van der Waals surface area contributed by atoms with Crippen LogP contribution in [0.3, 0.4) is 0 Å². The molecule has 16 heavy (non-hydrogen) atoms. The van der Waals surface area contributed by atoms with Crippen LogP contribution < -0.4 is 11.1 Å². The van der Waals surface area contributed by atoms with E-state index in [9.17, 15) is 0 Å². The van der Waals surface area contributed by atoms with Crippen molar-refractivity contribution in [2.24, 2.45) is 11.7 Å². The van der Waals surface area contributed by atoms with Gasteiger partial charge in [0, 0.05) is 6.54 Å². The monoisotopic (exact) mass is 262 g/mol. The minimum atomic E-state index is 0. The Kier molecular flexibility index (Phi) is 7.77. The van der Waals surface area contributed by atoms with Gasteiger partial charge in [0.15, 0.2) is 0 Å². The van der Waals surface area contributed by atoms with E-state index in [0.29, 0.717) is 6.54 Å². The molecule has 1 atom stereocenters. The summed E-state index contributed by atoms with van der Waals surface area (Å²) < 4.78 is 0. The number of benzene rings is 1. The number of hydrogen-bond acceptors (Lipinski definition) is 2. The third-order valence-corrected chi connectivity index (χ3v) is 3.01. The average Bonchev–Trinajstić information content (AvgIpc) is 2.71. The second-order valence-electron chi connectivity index (χ2n) is 4.04. The van der Waals surface area contributed by atoms with Crippen LogP contribution in [0.5, 0.6) is 0 Å². The minimum Gasteiger partial charge on any atom is -0.326 e. The lowest BCUT2D eigenvalue weighted by atomic mass is 9.95. The lowest BCUT2D eigenvalue weighted by Gasteiger charge is -2.11. The number of nitrogens with one attached hydrogen (secondary N) is 1. The van der Waals surface area contributed by atoms with E-state index >= 15 is 0 Å². The Balaban J connectivity index is 0.00000112. The summed E-state index contributed by atoms with van der Waals surface area (Å²) in [5.41, 5.74) is 8.45. The van der Waals surface area contributed by atoms with Crippen molar-refractivity contribution in [3.63, 3.8) is 0 Å². The molecule has 1 aliphatic rings. The first-order valence-corrected chi connectivity index (χ1v) is 5.37. The summed E-state index contributed by atoms with van der Waals surface area (Å²) in [6.07, 6.45) is 2.49. The fourth-order valence-corrected chi connectivity index (χ4v) is 2.16. The predicted octanol–water partition coefficient (Wildman–Crippen LogP) is 2.14. The van der Waals surface area contributed by atoms with Crippen molar-refractivity contribution in [2.75, 3.05) is 13.1 Å². The maximum atomic E-state index is 5.71. The molecule has 2 nitrogen and oxygen atoms in total. The zero-order valence-electron chi connectivity index (χ0n) is 9.32. The molecule has 1 heterocycles. The normalized spacial score (nSPS) is 18.7. The fraction of sp³-hybridized carbons (Fsp3) is 0.500. The van der Waals surface area contributed by atoms with Gasteiger partial charge in [0.2, 0.25) is 0 Å². The van der Waals surface area contributed by atoms with Crippen LogP contribution in [0.1, 0.15) is 17.5 Å². The molecule has 0 amide bonds. The molecule has 0 aromatic heterocycles. The predicted molar refractivity (Wildman–Crippen MR) is 73.5 cm³/mol. The van der Waals surface area contributed by atoms with Crippen molar-refractivity contribution in [3.8, 4) is 0 Å². The summed E-state index contributed by atoms with van der Waals surface area (Å²) in [6.45, 7) is 3.00. The van der Waals surface area contributed by atoms with E-state index in [1.807, 2.05) is 0 Å². The highest BCUT2D eigenvalue weighted by Crippen LogP contribution is 2.17. The third kappa shape index (κ3) is 3.95. The minimum absolute atomic E-state index is 0. The van der Waals surface area contributed by atoms with E-state index in [2.05, 4.69) is 29.6 Å². The molecule has 1 aromatic rings. The molecular weight excluding hydrogens is 243 g/mol. The Morgan fingerprint density at radius 1 is 1.19 bits per heavy atom. The van der Waals surface area contributed by atoms with Crippen LogP contribution in [0, 0.1) is 5.92 Å². The van der Waals surface area contributed by atoms with Gasteiger partial charge >= 0.3 is 0 Å². The van der Waals surface area contributed by atoms with E-state index in [1.54, 1.807) is 0 Å². The van der Waals surface area contributed by atoms with Crippen LogP contribution in [-0.2, 0) is 13.0 Å². The van der Waals surface area contributed by atoms with Crippen LogP contribution in [0.15, 0.2) is 24.3 Å². The van der Waals surface area contributed by atoms with E-state index in [4.69, 9.17) is 5.73 Å². The second-order valence-corrected chi connectivity index (χ2v) is 4.04. The van der Waals surface area contributed by atoms with Gasteiger partial charge in [-0.25, -0.2) is 0 Å². The van der Waals surface area contributed by atoms with Gasteiger partial charge in [0.25, 0.3) is 0 Å². The standard InChI is InChI=1S/C12H18N2.2ClH/c13-8-12-4-2-1-3-11(12)7-10-5-6-14-9-10;;/h1-4,10,14H,5-9,13H2;2*1H. The molecule has 0 saturated carbocycles. The summed E-state index contributed by atoms with van der Waals surface area (Å²) in [6, 6.07) is 8.52. The van der Waals surface area contributed by atoms with E-state index in [0.717, 1.165) is 5.92 Å². The Labute approximate surface area is 110 Å².